The van der Waals surface area contributed by atoms with Gasteiger partial charge in [-0.2, -0.15) is 0 Å². The summed E-state index contributed by atoms with van der Waals surface area (Å²) in [6.45, 7) is 6.52. The Hall–Kier alpha value is -2.33. The number of hydrogen-bond donors (Lipinski definition) is 0. The number of carbonyl (C=O) groups is 1. The van der Waals surface area contributed by atoms with Crippen LogP contribution in [0.1, 0.15) is 54.9 Å². The van der Waals surface area contributed by atoms with E-state index in [2.05, 4.69) is 11.8 Å². The average molecular weight is 380 g/mol. The third-order valence-corrected chi connectivity index (χ3v) is 5.67. The lowest BCUT2D eigenvalue weighted by Crippen LogP contribution is -2.33. The minimum absolute atomic E-state index is 0.0412. The van der Waals surface area contributed by atoms with E-state index in [9.17, 15) is 4.79 Å². The van der Waals surface area contributed by atoms with E-state index >= 15 is 0 Å². The van der Waals surface area contributed by atoms with Gasteiger partial charge in [-0.3, -0.25) is 9.69 Å². The van der Waals surface area contributed by atoms with Gasteiger partial charge < -0.3 is 9.47 Å². The Bertz CT molecular complexity index is 840. The molecule has 4 heteroatoms. The summed E-state index contributed by atoms with van der Waals surface area (Å²) >= 11 is 0. The Morgan fingerprint density at radius 1 is 0.893 bits per heavy atom. The zero-order valence-electron chi connectivity index (χ0n) is 16.7. The van der Waals surface area contributed by atoms with E-state index in [0.29, 0.717) is 30.3 Å². The lowest BCUT2D eigenvalue weighted by atomic mass is 10.0. The Morgan fingerprint density at radius 3 is 2.46 bits per heavy atom. The molecule has 0 atom stereocenters. The van der Waals surface area contributed by atoms with Crippen molar-refractivity contribution in [1.82, 2.24) is 4.90 Å². The number of likely N-dealkylation sites (tertiary alicyclic amines) is 1. The number of benzene rings is 2. The van der Waals surface area contributed by atoms with Gasteiger partial charge in [0.2, 0.25) is 0 Å². The fourth-order valence-electron chi connectivity index (χ4n) is 4.11. The number of fused-ring (bicyclic) bond motifs is 3. The van der Waals surface area contributed by atoms with Gasteiger partial charge in [0.25, 0.3) is 0 Å². The molecule has 1 fully saturated rings. The minimum atomic E-state index is 0.0412. The number of unbranched alkanes of at least 4 members (excludes halogenated alkanes) is 1. The maximum atomic E-state index is 13.1. The molecular weight excluding hydrogens is 350 g/mol. The van der Waals surface area contributed by atoms with Crippen LogP contribution in [-0.4, -0.2) is 43.5 Å². The molecule has 0 radical (unpaired) electrons. The molecule has 0 N–H and O–H groups in total. The Labute approximate surface area is 167 Å². The molecule has 0 amide bonds. The predicted molar refractivity (Wildman–Crippen MR) is 111 cm³/mol. The van der Waals surface area contributed by atoms with Crippen LogP contribution in [0.25, 0.3) is 11.1 Å². The standard InChI is InChI=1S/C24H29NO3/c1-2-3-16-27-21-12-11-19-18-9-5-6-10-20(18)23(26)22(19)24(21)28-17-15-25-13-7-4-8-14-25/h5-6,9-12H,2-4,7-8,13-17H2,1H3. The number of carbonyl (C=O) groups excluding carboxylic acids is 1. The van der Waals surface area contributed by atoms with Crippen LogP contribution in [0.5, 0.6) is 11.5 Å². The van der Waals surface area contributed by atoms with Crippen LogP contribution < -0.4 is 9.47 Å². The highest BCUT2D eigenvalue weighted by atomic mass is 16.5. The van der Waals surface area contributed by atoms with Gasteiger partial charge in [0, 0.05) is 12.1 Å². The summed E-state index contributed by atoms with van der Waals surface area (Å²) in [4.78, 5) is 15.6. The minimum Gasteiger partial charge on any atom is -0.490 e. The summed E-state index contributed by atoms with van der Waals surface area (Å²) < 4.78 is 12.2. The Kier molecular flexibility index (Phi) is 5.96. The summed E-state index contributed by atoms with van der Waals surface area (Å²) in [5.41, 5.74) is 3.36. The average Bonchev–Trinajstić information content (AvgIpc) is 3.03. The normalized spacial score (nSPS) is 16.0. The van der Waals surface area contributed by atoms with Crippen molar-refractivity contribution in [2.75, 3.05) is 32.8 Å². The van der Waals surface area contributed by atoms with Crippen LogP contribution in [0.3, 0.4) is 0 Å². The fourth-order valence-corrected chi connectivity index (χ4v) is 4.11. The first-order chi connectivity index (χ1) is 13.8. The molecule has 0 spiro atoms. The smallest absolute Gasteiger partial charge is 0.198 e. The van der Waals surface area contributed by atoms with Crippen LogP contribution in [0.15, 0.2) is 36.4 Å². The molecular formula is C24H29NO3. The largest absolute Gasteiger partial charge is 0.490 e. The van der Waals surface area contributed by atoms with Crippen molar-refractivity contribution < 1.29 is 14.3 Å². The second kappa shape index (κ2) is 8.78. The van der Waals surface area contributed by atoms with Crippen LogP contribution >= 0.6 is 0 Å². The zero-order valence-corrected chi connectivity index (χ0v) is 16.7. The van der Waals surface area contributed by atoms with Crippen LogP contribution in [-0.2, 0) is 0 Å². The van der Waals surface area contributed by atoms with Gasteiger partial charge in [-0.1, -0.05) is 44.0 Å². The van der Waals surface area contributed by atoms with Gasteiger partial charge in [-0.05, 0) is 55.6 Å². The molecule has 1 aliphatic carbocycles. The lowest BCUT2D eigenvalue weighted by molar-refractivity contribution is 0.103. The van der Waals surface area contributed by atoms with Gasteiger partial charge in [0.1, 0.15) is 6.61 Å². The summed E-state index contributed by atoms with van der Waals surface area (Å²) in [5, 5.41) is 0. The summed E-state index contributed by atoms with van der Waals surface area (Å²) in [6.07, 6.45) is 5.91. The van der Waals surface area contributed by atoms with Crippen LogP contribution in [0.2, 0.25) is 0 Å². The molecule has 2 aliphatic rings. The van der Waals surface area contributed by atoms with E-state index in [-0.39, 0.29) is 5.78 Å². The van der Waals surface area contributed by atoms with E-state index in [1.165, 1.54) is 19.3 Å². The van der Waals surface area contributed by atoms with Crippen LogP contribution in [0.4, 0.5) is 0 Å². The number of nitrogens with zero attached hydrogens (tertiary/aromatic N) is 1. The van der Waals surface area contributed by atoms with E-state index in [0.717, 1.165) is 49.2 Å². The highest BCUT2D eigenvalue weighted by molar-refractivity contribution is 6.23. The first-order valence-electron chi connectivity index (χ1n) is 10.6. The molecule has 28 heavy (non-hydrogen) atoms. The third kappa shape index (κ3) is 3.79. The van der Waals surface area contributed by atoms with Gasteiger partial charge in [-0.25, -0.2) is 0 Å². The van der Waals surface area contributed by atoms with E-state index in [1.807, 2.05) is 36.4 Å². The highest BCUT2D eigenvalue weighted by Gasteiger charge is 2.32. The van der Waals surface area contributed by atoms with E-state index < -0.39 is 0 Å². The van der Waals surface area contributed by atoms with Crippen molar-refractivity contribution in [3.63, 3.8) is 0 Å². The second-order valence-corrected chi connectivity index (χ2v) is 7.64. The zero-order chi connectivity index (χ0) is 19.3. The second-order valence-electron chi connectivity index (χ2n) is 7.64. The molecule has 0 aromatic heterocycles. The molecule has 4 nitrogen and oxygen atoms in total. The van der Waals surface area contributed by atoms with Crippen molar-refractivity contribution in [2.24, 2.45) is 0 Å². The van der Waals surface area contributed by atoms with E-state index in [1.54, 1.807) is 0 Å². The fraction of sp³-hybridized carbons (Fsp3) is 0.458. The van der Waals surface area contributed by atoms with Crippen molar-refractivity contribution in [3.8, 4) is 22.6 Å². The summed E-state index contributed by atoms with van der Waals surface area (Å²) in [7, 11) is 0. The highest BCUT2D eigenvalue weighted by Crippen LogP contribution is 2.45. The number of rotatable bonds is 8. The molecule has 1 saturated heterocycles. The quantitative estimate of drug-likeness (QED) is 0.520. The molecule has 0 unspecified atom stereocenters. The molecule has 4 rings (SSSR count). The molecule has 2 aromatic rings. The molecule has 1 aliphatic heterocycles. The maximum Gasteiger partial charge on any atom is 0.198 e. The topological polar surface area (TPSA) is 38.8 Å². The van der Waals surface area contributed by atoms with Crippen molar-refractivity contribution >= 4 is 5.78 Å². The number of ether oxygens (including phenoxy) is 2. The number of piperidine rings is 1. The number of ketones is 1. The van der Waals surface area contributed by atoms with Crippen molar-refractivity contribution in [2.45, 2.75) is 39.0 Å². The summed E-state index contributed by atoms with van der Waals surface area (Å²) in [6, 6.07) is 11.8. The Morgan fingerprint density at radius 2 is 1.68 bits per heavy atom. The van der Waals surface area contributed by atoms with Gasteiger partial charge in [0.05, 0.1) is 12.2 Å². The monoisotopic (exact) mass is 379 g/mol. The Balaban J connectivity index is 1.59. The van der Waals surface area contributed by atoms with Gasteiger partial charge in [0.15, 0.2) is 17.3 Å². The van der Waals surface area contributed by atoms with Gasteiger partial charge in [-0.15, -0.1) is 0 Å². The van der Waals surface area contributed by atoms with Crippen LogP contribution in [0, 0.1) is 0 Å². The number of hydrogen-bond acceptors (Lipinski definition) is 4. The first kappa shape index (κ1) is 19.0. The lowest BCUT2D eigenvalue weighted by Gasteiger charge is -2.26. The molecule has 0 saturated carbocycles. The maximum absolute atomic E-state index is 13.1. The predicted octanol–water partition coefficient (Wildman–Crippen LogP) is 4.94. The summed E-state index contributed by atoms with van der Waals surface area (Å²) in [5.74, 6) is 1.35. The first-order valence-corrected chi connectivity index (χ1v) is 10.6. The molecule has 1 heterocycles. The SMILES string of the molecule is CCCCOc1ccc2c(c1OCCN1CCCCC1)C(=O)c1ccccc1-2. The van der Waals surface area contributed by atoms with Gasteiger partial charge >= 0.3 is 0 Å². The van der Waals surface area contributed by atoms with E-state index in [4.69, 9.17) is 9.47 Å². The third-order valence-electron chi connectivity index (χ3n) is 5.67. The molecule has 2 aromatic carbocycles. The molecule has 148 valence electrons. The van der Waals surface area contributed by atoms with Crippen molar-refractivity contribution in [1.29, 1.82) is 0 Å². The van der Waals surface area contributed by atoms with Crippen molar-refractivity contribution in [3.05, 3.63) is 47.5 Å². The molecule has 0 bridgehead atoms.